The Hall–Kier alpha value is -0.640. The predicted octanol–water partition coefficient (Wildman–Crippen LogP) is 3.06. The fourth-order valence-electron chi connectivity index (χ4n) is 1.67. The summed E-state index contributed by atoms with van der Waals surface area (Å²) < 4.78 is 0. The predicted molar refractivity (Wildman–Crippen MR) is 57.3 cm³/mol. The summed E-state index contributed by atoms with van der Waals surface area (Å²) in [7, 11) is 0. The lowest BCUT2D eigenvalue weighted by molar-refractivity contribution is 0.569. The third-order valence-electron chi connectivity index (χ3n) is 2.53. The zero-order valence-electron chi connectivity index (χ0n) is 8.57. The molecule has 13 heavy (non-hydrogen) atoms. The molecule has 0 saturated heterocycles. The second kappa shape index (κ2) is 7.98. The van der Waals surface area contributed by atoms with Crippen molar-refractivity contribution in [2.24, 2.45) is 0 Å². The average Bonchev–Trinajstić information content (AvgIpc) is 2.18. The van der Waals surface area contributed by atoms with Crippen molar-refractivity contribution in [3.63, 3.8) is 0 Å². The zero-order valence-corrected chi connectivity index (χ0v) is 8.57. The fraction of sp³-hybridized carbons (Fsp3) is 0.833. The van der Waals surface area contributed by atoms with Crippen LogP contribution >= 0.6 is 0 Å². The van der Waals surface area contributed by atoms with Gasteiger partial charge in [0.2, 0.25) is 0 Å². The monoisotopic (exact) mass is 179 g/mol. The van der Waals surface area contributed by atoms with Gasteiger partial charge in [-0.15, -0.1) is 0 Å². The highest BCUT2D eigenvalue weighted by atomic mass is 14.8. The third-order valence-corrected chi connectivity index (χ3v) is 2.53. The van der Waals surface area contributed by atoms with Gasteiger partial charge in [0.1, 0.15) is 0 Å². The van der Waals surface area contributed by atoms with Crippen LogP contribution in [0, 0.1) is 12.0 Å². The Balaban J connectivity index is 2.12. The second-order valence-electron chi connectivity index (χ2n) is 3.81. The molecule has 0 unspecified atom stereocenters. The topological polar surface area (TPSA) is 12.0 Å². The molecule has 1 rings (SSSR count). The molecule has 0 fully saturated rings. The van der Waals surface area contributed by atoms with Crippen molar-refractivity contribution in [1.29, 1.82) is 0 Å². The Morgan fingerprint density at radius 2 is 1.31 bits per heavy atom. The molecule has 0 radical (unpaired) electrons. The molecule has 0 aromatic heterocycles. The maximum Gasteiger partial charge on any atom is 0.0229 e. The van der Waals surface area contributed by atoms with Crippen molar-refractivity contribution in [3.05, 3.63) is 0 Å². The van der Waals surface area contributed by atoms with Gasteiger partial charge in [-0.05, 0) is 12.8 Å². The van der Waals surface area contributed by atoms with Crippen molar-refractivity contribution in [2.45, 2.75) is 57.8 Å². The standard InChI is InChI=1S/C12H21N/c1-2-4-6-8-10-12-13-11-9-7-5-3-1/h13H,1-9,11H2. The molecule has 1 aliphatic heterocycles. The number of nitrogens with one attached hydrogen (secondary N) is 1. The maximum atomic E-state index is 3.16. The number of rotatable bonds is 0. The van der Waals surface area contributed by atoms with Crippen LogP contribution in [-0.2, 0) is 0 Å². The molecular formula is C12H21N. The minimum absolute atomic E-state index is 1.08. The largest absolute Gasteiger partial charge is 0.346 e. The van der Waals surface area contributed by atoms with Gasteiger partial charge in [0.25, 0.3) is 0 Å². The molecule has 0 aromatic rings. The molecule has 0 saturated carbocycles. The first-order chi connectivity index (χ1) is 6.50. The molecular weight excluding hydrogens is 158 g/mol. The summed E-state index contributed by atoms with van der Waals surface area (Å²) in [6, 6.07) is 3.02. The molecule has 0 spiro atoms. The van der Waals surface area contributed by atoms with E-state index in [1.807, 2.05) is 0 Å². The van der Waals surface area contributed by atoms with E-state index in [9.17, 15) is 0 Å². The minimum Gasteiger partial charge on any atom is -0.346 e. The highest BCUT2D eigenvalue weighted by molar-refractivity contribution is 4.96. The van der Waals surface area contributed by atoms with Crippen LogP contribution in [0.1, 0.15) is 57.8 Å². The van der Waals surface area contributed by atoms with Crippen LogP contribution in [0.15, 0.2) is 0 Å². The van der Waals surface area contributed by atoms with Crippen LogP contribution in [0.2, 0.25) is 0 Å². The Morgan fingerprint density at radius 1 is 0.692 bits per heavy atom. The lowest BCUT2D eigenvalue weighted by atomic mass is 10.1. The van der Waals surface area contributed by atoms with Crippen molar-refractivity contribution >= 4 is 0 Å². The van der Waals surface area contributed by atoms with Crippen LogP contribution < -0.4 is 5.32 Å². The van der Waals surface area contributed by atoms with Gasteiger partial charge in [-0.25, -0.2) is 0 Å². The van der Waals surface area contributed by atoms with E-state index < -0.39 is 0 Å². The second-order valence-corrected chi connectivity index (χ2v) is 3.81. The number of hydrogen-bond donors (Lipinski definition) is 1. The van der Waals surface area contributed by atoms with Crippen molar-refractivity contribution in [2.75, 3.05) is 6.54 Å². The molecule has 0 amide bonds. The summed E-state index contributed by atoms with van der Waals surface area (Å²) in [6.07, 6.45) is 12.1. The third kappa shape index (κ3) is 6.51. The maximum absolute atomic E-state index is 3.16. The minimum atomic E-state index is 1.08. The van der Waals surface area contributed by atoms with Crippen molar-refractivity contribution < 1.29 is 0 Å². The van der Waals surface area contributed by atoms with Gasteiger partial charge in [-0.1, -0.05) is 44.4 Å². The molecule has 1 heteroatoms. The Kier molecular flexibility index (Phi) is 6.41. The fourth-order valence-corrected chi connectivity index (χ4v) is 1.67. The Labute approximate surface area is 82.3 Å². The van der Waals surface area contributed by atoms with E-state index in [0.717, 1.165) is 13.0 Å². The highest BCUT2D eigenvalue weighted by Gasteiger charge is 1.92. The van der Waals surface area contributed by atoms with Gasteiger partial charge in [-0.3, -0.25) is 0 Å². The zero-order chi connectivity index (χ0) is 9.19. The van der Waals surface area contributed by atoms with Crippen LogP contribution in [0.4, 0.5) is 0 Å². The summed E-state index contributed by atoms with van der Waals surface area (Å²) in [5, 5.41) is 3.16. The summed E-state index contributed by atoms with van der Waals surface area (Å²) in [5.41, 5.74) is 0. The number of hydrogen-bond acceptors (Lipinski definition) is 1. The SMILES string of the molecule is C1#CNCCCCCCCCCC1. The summed E-state index contributed by atoms with van der Waals surface area (Å²) >= 11 is 0. The van der Waals surface area contributed by atoms with E-state index >= 15 is 0 Å². The molecule has 0 atom stereocenters. The molecule has 1 N–H and O–H groups in total. The summed E-state index contributed by atoms with van der Waals surface area (Å²) in [5.74, 6) is 3.16. The molecule has 1 aliphatic rings. The quantitative estimate of drug-likeness (QED) is 0.563. The van der Waals surface area contributed by atoms with Crippen LogP contribution in [0.25, 0.3) is 0 Å². The van der Waals surface area contributed by atoms with Gasteiger partial charge in [-0.2, -0.15) is 0 Å². The molecule has 1 nitrogen and oxygen atoms in total. The molecule has 0 aromatic carbocycles. The Bertz CT molecular complexity index is 148. The van der Waals surface area contributed by atoms with Gasteiger partial charge in [0, 0.05) is 19.0 Å². The lowest BCUT2D eigenvalue weighted by Crippen LogP contribution is -2.06. The molecule has 74 valence electrons. The van der Waals surface area contributed by atoms with E-state index in [1.165, 1.54) is 51.4 Å². The summed E-state index contributed by atoms with van der Waals surface area (Å²) in [4.78, 5) is 0. The van der Waals surface area contributed by atoms with Gasteiger partial charge < -0.3 is 5.32 Å². The lowest BCUT2D eigenvalue weighted by Gasteiger charge is -2.00. The van der Waals surface area contributed by atoms with Crippen molar-refractivity contribution in [3.8, 4) is 12.0 Å². The first-order valence-electron chi connectivity index (χ1n) is 5.71. The average molecular weight is 179 g/mol. The van der Waals surface area contributed by atoms with E-state index in [1.54, 1.807) is 0 Å². The molecule has 0 bridgehead atoms. The van der Waals surface area contributed by atoms with Gasteiger partial charge >= 0.3 is 0 Å². The van der Waals surface area contributed by atoms with E-state index in [-0.39, 0.29) is 0 Å². The van der Waals surface area contributed by atoms with Crippen LogP contribution in [-0.4, -0.2) is 6.54 Å². The molecule has 1 heterocycles. The van der Waals surface area contributed by atoms with Gasteiger partial charge in [0.05, 0.1) is 0 Å². The normalized spacial score (nSPS) is 20.9. The van der Waals surface area contributed by atoms with E-state index in [4.69, 9.17) is 0 Å². The first kappa shape index (κ1) is 10.4. The summed E-state index contributed by atoms with van der Waals surface area (Å²) in [6.45, 7) is 1.08. The van der Waals surface area contributed by atoms with Crippen molar-refractivity contribution in [1.82, 2.24) is 5.32 Å². The van der Waals surface area contributed by atoms with Gasteiger partial charge in [0.15, 0.2) is 0 Å². The van der Waals surface area contributed by atoms with Crippen LogP contribution in [0.3, 0.4) is 0 Å². The first-order valence-corrected chi connectivity index (χ1v) is 5.71. The smallest absolute Gasteiger partial charge is 0.0229 e. The highest BCUT2D eigenvalue weighted by Crippen LogP contribution is 2.09. The van der Waals surface area contributed by atoms with Crippen LogP contribution in [0.5, 0.6) is 0 Å². The Morgan fingerprint density at radius 3 is 2.08 bits per heavy atom. The van der Waals surface area contributed by atoms with E-state index in [0.29, 0.717) is 0 Å². The van der Waals surface area contributed by atoms with E-state index in [2.05, 4.69) is 17.3 Å². The molecule has 0 aliphatic carbocycles.